The number of nitrogens with one attached hydrogen (secondary N) is 2. The van der Waals surface area contributed by atoms with Gasteiger partial charge in [-0.25, -0.2) is 13.7 Å². The summed E-state index contributed by atoms with van der Waals surface area (Å²) < 4.78 is 20.7. The normalized spacial score (nSPS) is 18.5. The van der Waals surface area contributed by atoms with Crippen molar-refractivity contribution < 1.29 is 18.6 Å². The molecule has 1 amide bonds. The molecule has 2 unspecified atom stereocenters. The Labute approximate surface area is 168 Å². The monoisotopic (exact) mass is 416 g/mol. The van der Waals surface area contributed by atoms with Gasteiger partial charge in [0, 0.05) is 5.02 Å². The number of rotatable bonds is 6. The van der Waals surface area contributed by atoms with Gasteiger partial charge in [0.2, 0.25) is 0 Å². The van der Waals surface area contributed by atoms with E-state index in [4.69, 9.17) is 21.2 Å². The highest BCUT2D eigenvalue weighted by molar-refractivity contribution is 7.84. The molecule has 0 aromatic heterocycles. The first-order valence-electron chi connectivity index (χ1n) is 8.93. The van der Waals surface area contributed by atoms with Crippen molar-refractivity contribution in [3.63, 3.8) is 0 Å². The van der Waals surface area contributed by atoms with Crippen molar-refractivity contribution in [2.75, 3.05) is 0 Å². The molecule has 1 aliphatic carbocycles. The third kappa shape index (κ3) is 6.45. The maximum absolute atomic E-state index is 12.7. The van der Waals surface area contributed by atoms with Gasteiger partial charge in [0.05, 0.1) is 21.8 Å². The number of benzene rings is 1. The lowest BCUT2D eigenvalue weighted by Crippen LogP contribution is -2.45. The van der Waals surface area contributed by atoms with Gasteiger partial charge >= 0.3 is 6.09 Å². The lowest BCUT2D eigenvalue weighted by atomic mass is 10.0. The van der Waals surface area contributed by atoms with E-state index in [1.165, 1.54) is 0 Å². The highest BCUT2D eigenvalue weighted by Crippen LogP contribution is 2.49. The molecule has 1 fully saturated rings. The van der Waals surface area contributed by atoms with Crippen LogP contribution < -0.4 is 10.2 Å². The molecule has 2 rings (SSSR count). The van der Waals surface area contributed by atoms with Crippen molar-refractivity contribution in [1.82, 2.24) is 10.2 Å². The topological polar surface area (TPSA) is 76.7 Å². The molecule has 2 N–H and O–H groups in total. The maximum atomic E-state index is 12.7. The first-order chi connectivity index (χ1) is 12.3. The molecule has 1 saturated carbocycles. The van der Waals surface area contributed by atoms with Gasteiger partial charge in [-0.2, -0.15) is 5.48 Å². The first-order valence-corrected chi connectivity index (χ1v) is 10.5. The van der Waals surface area contributed by atoms with Crippen LogP contribution in [0.3, 0.4) is 0 Å². The molecule has 1 aliphatic rings. The van der Waals surface area contributed by atoms with Crippen LogP contribution in [0.25, 0.3) is 0 Å². The summed E-state index contributed by atoms with van der Waals surface area (Å²) in [5, 5.41) is 0.618. The largest absolute Gasteiger partial charge is 0.442 e. The number of ether oxygens (including phenoxy) is 1. The number of carbonyl (C=O) groups is 1. The van der Waals surface area contributed by atoms with Crippen molar-refractivity contribution in [2.45, 2.75) is 76.4 Å². The Morgan fingerprint density at radius 3 is 2.15 bits per heavy atom. The molecular formula is C19H29ClN2O4S. The Balaban J connectivity index is 2.18. The van der Waals surface area contributed by atoms with Crippen LogP contribution in [0.1, 0.15) is 66.0 Å². The molecule has 152 valence electrons. The summed E-state index contributed by atoms with van der Waals surface area (Å²) in [6.45, 7) is 11.0. The van der Waals surface area contributed by atoms with Crippen LogP contribution in [0.2, 0.25) is 5.02 Å². The molecule has 8 heteroatoms. The van der Waals surface area contributed by atoms with Crippen LogP contribution in [-0.2, 0) is 20.6 Å². The number of halogens is 1. The quantitative estimate of drug-likeness (QED) is 0.673. The van der Waals surface area contributed by atoms with E-state index in [0.29, 0.717) is 17.9 Å². The predicted molar refractivity (Wildman–Crippen MR) is 108 cm³/mol. The molecular weight excluding hydrogens is 388 g/mol. The van der Waals surface area contributed by atoms with Crippen LogP contribution in [-0.4, -0.2) is 26.3 Å². The number of carbonyl (C=O) groups excluding carboxylic acids is 1. The maximum Gasteiger partial charge on any atom is 0.431 e. The molecule has 27 heavy (non-hydrogen) atoms. The predicted octanol–water partition coefficient (Wildman–Crippen LogP) is 4.42. The zero-order chi connectivity index (χ0) is 20.5. The summed E-state index contributed by atoms with van der Waals surface area (Å²) in [7, 11) is -1.32. The van der Waals surface area contributed by atoms with E-state index >= 15 is 0 Å². The van der Waals surface area contributed by atoms with Crippen LogP contribution in [0.4, 0.5) is 4.79 Å². The number of hydrogen-bond acceptors (Lipinski definition) is 4. The number of hydroxylamine groups is 1. The van der Waals surface area contributed by atoms with E-state index in [1.807, 2.05) is 32.9 Å². The highest BCUT2D eigenvalue weighted by atomic mass is 35.5. The van der Waals surface area contributed by atoms with Gasteiger partial charge in [0.15, 0.2) is 0 Å². The van der Waals surface area contributed by atoms with E-state index in [-0.39, 0.29) is 6.04 Å². The van der Waals surface area contributed by atoms with Crippen molar-refractivity contribution in [2.24, 2.45) is 0 Å². The van der Waals surface area contributed by atoms with Gasteiger partial charge in [0.1, 0.15) is 11.2 Å². The van der Waals surface area contributed by atoms with Gasteiger partial charge in [-0.15, -0.1) is 0 Å². The second kappa shape index (κ2) is 8.07. The van der Waals surface area contributed by atoms with Gasteiger partial charge in [-0.3, -0.25) is 4.84 Å². The molecule has 0 saturated heterocycles. The third-order valence-electron chi connectivity index (χ3n) is 3.99. The minimum absolute atomic E-state index is 0.371. The first kappa shape index (κ1) is 22.1. The van der Waals surface area contributed by atoms with Gasteiger partial charge in [0.25, 0.3) is 0 Å². The summed E-state index contributed by atoms with van der Waals surface area (Å²) in [6.07, 6.45) is 0.773. The van der Waals surface area contributed by atoms with Crippen molar-refractivity contribution in [3.05, 3.63) is 34.9 Å². The van der Waals surface area contributed by atoms with E-state index in [1.54, 1.807) is 32.9 Å². The molecule has 0 heterocycles. The lowest BCUT2D eigenvalue weighted by Gasteiger charge is -2.31. The summed E-state index contributed by atoms with van der Waals surface area (Å²) >= 11 is 6.00. The van der Waals surface area contributed by atoms with Crippen LogP contribution in [0.15, 0.2) is 24.3 Å². The highest BCUT2D eigenvalue weighted by Gasteiger charge is 2.54. The van der Waals surface area contributed by atoms with Gasteiger partial charge < -0.3 is 4.74 Å². The Morgan fingerprint density at radius 1 is 1.15 bits per heavy atom. The zero-order valence-corrected chi connectivity index (χ0v) is 18.3. The van der Waals surface area contributed by atoms with Crippen molar-refractivity contribution >= 4 is 28.7 Å². The van der Waals surface area contributed by atoms with Crippen LogP contribution in [0, 0.1) is 0 Å². The third-order valence-corrected chi connectivity index (χ3v) is 5.80. The fourth-order valence-electron chi connectivity index (χ4n) is 2.43. The molecule has 0 spiro atoms. The Morgan fingerprint density at radius 2 is 1.70 bits per heavy atom. The summed E-state index contributed by atoms with van der Waals surface area (Å²) in [4.78, 5) is 17.7. The minimum Gasteiger partial charge on any atom is -0.442 e. The molecule has 2 atom stereocenters. The van der Waals surface area contributed by atoms with Gasteiger partial charge in [-0.05, 0) is 72.1 Å². The fourth-order valence-corrected chi connectivity index (χ4v) is 3.48. The Hall–Kier alpha value is -1.15. The minimum atomic E-state index is -1.32. The Bertz CT molecular complexity index is 691. The van der Waals surface area contributed by atoms with Crippen LogP contribution >= 0.6 is 11.6 Å². The van der Waals surface area contributed by atoms with E-state index in [2.05, 4.69) is 10.2 Å². The van der Waals surface area contributed by atoms with E-state index < -0.39 is 33.0 Å². The molecule has 1 aromatic rings. The number of hydrogen-bond donors (Lipinski definition) is 2. The summed E-state index contributed by atoms with van der Waals surface area (Å²) in [6, 6.07) is 6.93. The molecule has 6 nitrogen and oxygen atoms in total. The standard InChI is InChI=1S/C19H29ClN2O4S/c1-17(2,3)25-16(23)21-26-19(11-12-19)15(22-27(24)18(4,5)6)13-7-9-14(20)10-8-13/h7-10,15,22H,11-12H2,1-6H3,(H,21,23). The zero-order valence-electron chi connectivity index (χ0n) is 16.7. The summed E-state index contributed by atoms with van der Waals surface area (Å²) in [5.41, 5.74) is 1.97. The van der Waals surface area contributed by atoms with E-state index in [9.17, 15) is 9.00 Å². The van der Waals surface area contributed by atoms with Crippen molar-refractivity contribution in [3.8, 4) is 0 Å². The molecule has 0 radical (unpaired) electrons. The average molecular weight is 417 g/mol. The SMILES string of the molecule is CC(C)(C)OC(=O)NOC1(C(NS(=O)C(C)(C)C)c2ccc(Cl)cc2)CC1. The smallest absolute Gasteiger partial charge is 0.431 e. The Kier molecular flexibility index (Phi) is 6.62. The van der Waals surface area contributed by atoms with Crippen LogP contribution in [0.5, 0.6) is 0 Å². The lowest BCUT2D eigenvalue weighted by molar-refractivity contribution is -0.0671. The molecule has 0 bridgehead atoms. The molecule has 0 aliphatic heterocycles. The van der Waals surface area contributed by atoms with Crippen molar-refractivity contribution in [1.29, 1.82) is 0 Å². The summed E-state index contributed by atoms with van der Waals surface area (Å²) in [5.74, 6) is 0. The van der Waals surface area contributed by atoms with Gasteiger partial charge in [-0.1, -0.05) is 23.7 Å². The average Bonchev–Trinajstić information content (AvgIpc) is 3.30. The van der Waals surface area contributed by atoms with E-state index in [0.717, 1.165) is 5.56 Å². The molecule has 1 aromatic carbocycles. The second-order valence-corrected chi connectivity index (χ2v) is 11.2. The fraction of sp³-hybridized carbons (Fsp3) is 0.632. The number of amides is 1. The second-order valence-electron chi connectivity index (χ2n) is 8.75.